The maximum atomic E-state index is 12.6. The van der Waals surface area contributed by atoms with Crippen LogP contribution >= 0.6 is 0 Å². The van der Waals surface area contributed by atoms with Crippen LogP contribution in [0.25, 0.3) is 4.72 Å². The molecule has 1 amide bonds. The summed E-state index contributed by atoms with van der Waals surface area (Å²) in [4.78, 5) is 30.1. The van der Waals surface area contributed by atoms with Crippen LogP contribution in [-0.2, 0) is 10.0 Å². The van der Waals surface area contributed by atoms with Gasteiger partial charge in [0.1, 0.15) is 0 Å². The van der Waals surface area contributed by atoms with Crippen molar-refractivity contribution in [3.05, 3.63) is 75.0 Å². The zero-order chi connectivity index (χ0) is 23.3. The first-order valence-electron chi connectivity index (χ1n) is 8.83. The summed E-state index contributed by atoms with van der Waals surface area (Å²) in [5.41, 5.74) is 0.141. The number of benzene rings is 2. The molecule has 0 saturated carbocycles. The molecule has 0 aliphatic heterocycles. The van der Waals surface area contributed by atoms with Crippen LogP contribution in [0.2, 0.25) is 0 Å². The van der Waals surface area contributed by atoms with Crippen molar-refractivity contribution in [1.82, 2.24) is 9.97 Å². The molecule has 0 aliphatic carbocycles. The van der Waals surface area contributed by atoms with Crippen LogP contribution in [0.5, 0.6) is 11.9 Å². The fraction of sp³-hybridized carbons (Fsp3) is 0.105. The number of carbonyl (C=O) groups is 1. The number of nitro groups is 1. The molecule has 32 heavy (non-hydrogen) atoms. The van der Waals surface area contributed by atoms with E-state index in [9.17, 15) is 23.3 Å². The summed E-state index contributed by atoms with van der Waals surface area (Å²) in [6.07, 6.45) is 0. The molecule has 2 aromatic carbocycles. The Labute approximate surface area is 182 Å². The quantitative estimate of drug-likeness (QED) is 0.394. The van der Waals surface area contributed by atoms with Crippen LogP contribution in [0.1, 0.15) is 10.4 Å². The summed E-state index contributed by atoms with van der Waals surface area (Å²) in [7, 11) is -1.48. The van der Waals surface area contributed by atoms with E-state index in [0.717, 1.165) is 6.07 Å². The summed E-state index contributed by atoms with van der Waals surface area (Å²) in [6.45, 7) is 0. The molecule has 166 valence electrons. The summed E-state index contributed by atoms with van der Waals surface area (Å²) >= 11 is 0. The molecule has 1 heterocycles. The lowest BCUT2D eigenvalue weighted by molar-refractivity contribution is -0.384. The van der Waals surface area contributed by atoms with Crippen molar-refractivity contribution in [2.24, 2.45) is 0 Å². The van der Waals surface area contributed by atoms with E-state index >= 15 is 0 Å². The van der Waals surface area contributed by atoms with Gasteiger partial charge in [-0.25, -0.2) is 8.42 Å². The van der Waals surface area contributed by atoms with Gasteiger partial charge < -0.3 is 24.5 Å². The number of nitro benzene ring substituents is 1. The molecule has 0 spiro atoms. The molecule has 0 saturated heterocycles. The summed E-state index contributed by atoms with van der Waals surface area (Å²) in [6, 6.07) is 11.5. The van der Waals surface area contributed by atoms with Crippen LogP contribution < -0.4 is 14.8 Å². The third-order valence-corrected chi connectivity index (χ3v) is 5.30. The van der Waals surface area contributed by atoms with E-state index in [-0.39, 0.29) is 39.5 Å². The van der Waals surface area contributed by atoms with E-state index in [1.807, 2.05) is 0 Å². The lowest BCUT2D eigenvalue weighted by Crippen LogP contribution is -2.12. The molecule has 13 heteroatoms. The molecular formula is C19H16N5O7S-. The second-order valence-electron chi connectivity index (χ2n) is 6.11. The Balaban J connectivity index is 1.75. The molecule has 1 aromatic heterocycles. The number of non-ortho nitro benzene ring substituents is 1. The minimum absolute atomic E-state index is 0.0741. The molecule has 1 N–H and O–H groups in total. The van der Waals surface area contributed by atoms with E-state index in [0.29, 0.717) is 0 Å². The van der Waals surface area contributed by atoms with Crippen molar-refractivity contribution in [1.29, 1.82) is 0 Å². The van der Waals surface area contributed by atoms with Gasteiger partial charge in [0, 0.05) is 29.4 Å². The number of hydrogen-bond acceptors (Lipinski definition) is 9. The number of ether oxygens (including phenoxy) is 2. The number of nitrogens with one attached hydrogen (secondary N) is 1. The van der Waals surface area contributed by atoms with E-state index in [2.05, 4.69) is 20.0 Å². The number of carbonyl (C=O) groups excluding carboxylic acids is 1. The van der Waals surface area contributed by atoms with Crippen molar-refractivity contribution in [2.75, 3.05) is 19.5 Å². The largest absolute Gasteiger partial charge is 0.483 e. The van der Waals surface area contributed by atoms with Gasteiger partial charge in [-0.05, 0) is 36.1 Å². The van der Waals surface area contributed by atoms with Gasteiger partial charge >= 0.3 is 0 Å². The van der Waals surface area contributed by atoms with Gasteiger partial charge in [-0.1, -0.05) is 6.07 Å². The Morgan fingerprint density at radius 2 is 1.78 bits per heavy atom. The molecule has 0 atom stereocenters. The maximum absolute atomic E-state index is 12.6. The molecule has 12 nitrogen and oxygen atoms in total. The van der Waals surface area contributed by atoms with Gasteiger partial charge in [-0.2, -0.15) is 4.98 Å². The number of amides is 1. The van der Waals surface area contributed by atoms with Crippen molar-refractivity contribution >= 4 is 33.1 Å². The highest BCUT2D eigenvalue weighted by Gasteiger charge is 2.14. The number of rotatable bonds is 8. The minimum Gasteiger partial charge on any atom is -0.483 e. The SMILES string of the molecule is COc1cc([N-]S(=O)(=O)c2ccc(NC(=O)c3cccc([N+](=O)[O-])c3)cc2)nc(OC)n1. The van der Waals surface area contributed by atoms with Gasteiger partial charge in [-0.15, -0.1) is 0 Å². The second-order valence-corrected chi connectivity index (χ2v) is 7.71. The summed E-state index contributed by atoms with van der Waals surface area (Å²) < 4.78 is 38.7. The number of anilines is 1. The number of sulfonamides is 1. The van der Waals surface area contributed by atoms with Crippen LogP contribution in [0.3, 0.4) is 0 Å². The predicted molar refractivity (Wildman–Crippen MR) is 113 cm³/mol. The van der Waals surface area contributed by atoms with E-state index < -0.39 is 20.9 Å². The Bertz CT molecular complexity index is 1240. The molecule has 3 rings (SSSR count). The van der Waals surface area contributed by atoms with Gasteiger partial charge in [0.2, 0.25) is 21.9 Å². The number of nitrogens with zero attached hydrogens (tertiary/aromatic N) is 4. The standard InChI is InChI=1S/C19H17N5O7S/c1-30-17-11-16(21-19(22-17)31-2)23-32(28,29)15-8-6-13(7-9-15)20-18(25)12-4-3-5-14(10-12)24(26)27/h3-11H,1-2H3,(H2,20,21,22,23,25)/p-1. The van der Waals surface area contributed by atoms with Crippen molar-refractivity contribution in [2.45, 2.75) is 4.90 Å². The zero-order valence-corrected chi connectivity index (χ0v) is 17.6. The normalized spacial score (nSPS) is 10.8. The monoisotopic (exact) mass is 458 g/mol. The lowest BCUT2D eigenvalue weighted by Gasteiger charge is -2.17. The summed E-state index contributed by atoms with van der Waals surface area (Å²) in [5.74, 6) is -0.698. The molecule has 0 aliphatic rings. The van der Waals surface area contributed by atoms with Crippen LogP contribution in [0.4, 0.5) is 17.2 Å². The molecule has 3 aromatic rings. The molecule has 0 bridgehead atoms. The van der Waals surface area contributed by atoms with Crippen molar-refractivity contribution < 1.29 is 27.6 Å². The Morgan fingerprint density at radius 1 is 1.06 bits per heavy atom. The van der Waals surface area contributed by atoms with Crippen LogP contribution in [0.15, 0.2) is 59.5 Å². The first-order chi connectivity index (χ1) is 15.2. The highest BCUT2D eigenvalue weighted by molar-refractivity contribution is 7.94. The Kier molecular flexibility index (Phi) is 6.49. The molecule has 0 radical (unpaired) electrons. The van der Waals surface area contributed by atoms with Crippen LogP contribution in [-0.4, -0.2) is 43.4 Å². The fourth-order valence-corrected chi connectivity index (χ4v) is 3.41. The number of hydrogen-bond donors (Lipinski definition) is 1. The fourth-order valence-electron chi connectivity index (χ4n) is 2.48. The third-order valence-electron chi connectivity index (χ3n) is 4.00. The molecular weight excluding hydrogens is 442 g/mol. The zero-order valence-electron chi connectivity index (χ0n) is 16.8. The lowest BCUT2D eigenvalue weighted by atomic mass is 10.2. The first kappa shape index (κ1) is 22.4. The van der Waals surface area contributed by atoms with E-state index in [4.69, 9.17) is 9.47 Å². The van der Waals surface area contributed by atoms with Gasteiger partial charge in [0.25, 0.3) is 11.6 Å². The highest BCUT2D eigenvalue weighted by atomic mass is 32.2. The average Bonchev–Trinajstić information content (AvgIpc) is 2.78. The smallest absolute Gasteiger partial charge is 0.270 e. The van der Waals surface area contributed by atoms with Crippen LogP contribution in [0, 0.1) is 10.1 Å². The van der Waals surface area contributed by atoms with Gasteiger partial charge in [0.05, 0.1) is 24.0 Å². The highest BCUT2D eigenvalue weighted by Crippen LogP contribution is 2.30. The predicted octanol–water partition coefficient (Wildman–Crippen LogP) is 3.05. The number of aromatic nitrogens is 2. The minimum atomic E-state index is -4.14. The maximum Gasteiger partial charge on any atom is 0.270 e. The average molecular weight is 458 g/mol. The first-order valence-corrected chi connectivity index (χ1v) is 10.3. The van der Waals surface area contributed by atoms with Gasteiger partial charge in [0.15, 0.2) is 0 Å². The topological polar surface area (TPSA) is 165 Å². The Hall–Kier alpha value is -4.26. The molecule has 0 unspecified atom stereocenters. The third kappa shape index (κ3) is 5.26. The van der Waals surface area contributed by atoms with Crippen molar-refractivity contribution in [3.63, 3.8) is 0 Å². The number of methoxy groups -OCH3 is 2. The van der Waals surface area contributed by atoms with Gasteiger partial charge in [-0.3, -0.25) is 14.9 Å². The second kappa shape index (κ2) is 9.26. The van der Waals surface area contributed by atoms with E-state index in [1.165, 1.54) is 62.8 Å². The van der Waals surface area contributed by atoms with E-state index in [1.54, 1.807) is 0 Å². The Morgan fingerprint density at radius 3 is 2.41 bits per heavy atom. The summed E-state index contributed by atoms with van der Waals surface area (Å²) in [5, 5.41) is 13.4. The molecule has 0 fully saturated rings. The van der Waals surface area contributed by atoms with Crippen molar-refractivity contribution in [3.8, 4) is 11.9 Å².